The molecule has 2 aromatic carbocycles. The minimum atomic E-state index is -5.16. The summed E-state index contributed by atoms with van der Waals surface area (Å²) in [5.74, 6) is -3.51. The van der Waals surface area contributed by atoms with E-state index in [0.717, 1.165) is 43.8 Å². The Kier molecular flexibility index (Phi) is 5.57. The van der Waals surface area contributed by atoms with E-state index in [0.29, 0.717) is 5.69 Å². The van der Waals surface area contributed by atoms with Crippen molar-refractivity contribution in [3.63, 3.8) is 0 Å². The highest BCUT2D eigenvalue weighted by molar-refractivity contribution is 9.10. The molecule has 3 aromatic rings. The molecule has 0 unspecified atom stereocenters. The normalized spacial score (nSPS) is 14.3. The highest BCUT2D eigenvalue weighted by Crippen LogP contribution is 2.33. The number of alkyl halides is 3. The lowest BCUT2D eigenvalue weighted by Crippen LogP contribution is -2.36. The third-order valence-corrected chi connectivity index (χ3v) is 6.51. The topological polar surface area (TPSA) is 88.8 Å². The Morgan fingerprint density at radius 1 is 1.16 bits per heavy atom. The van der Waals surface area contributed by atoms with Gasteiger partial charge < -0.3 is 14.1 Å². The molecule has 0 saturated carbocycles. The van der Waals surface area contributed by atoms with E-state index in [-0.39, 0.29) is 15.4 Å². The molecule has 0 spiro atoms. The summed E-state index contributed by atoms with van der Waals surface area (Å²) in [7, 11) is -4.81. The van der Waals surface area contributed by atoms with Crippen LogP contribution in [0.3, 0.4) is 0 Å². The van der Waals surface area contributed by atoms with E-state index in [1.807, 2.05) is 4.90 Å². The zero-order valence-electron chi connectivity index (χ0n) is 15.9. The van der Waals surface area contributed by atoms with Crippen LogP contribution in [-0.2, 0) is 10.0 Å². The number of nitrogens with zero attached hydrogens (tertiary/aromatic N) is 1. The van der Waals surface area contributed by atoms with Crippen molar-refractivity contribution in [2.45, 2.75) is 17.7 Å². The maximum atomic E-state index is 14.4. The van der Waals surface area contributed by atoms with Crippen molar-refractivity contribution in [1.29, 1.82) is 0 Å². The number of furan rings is 1. The number of hydrogen-bond acceptors (Lipinski definition) is 6. The second kappa shape index (κ2) is 7.96. The van der Waals surface area contributed by atoms with Gasteiger partial charge in [-0.2, -0.15) is 0 Å². The third kappa shape index (κ3) is 4.53. The largest absolute Gasteiger partial charge is 0.573 e. The fourth-order valence-electron chi connectivity index (χ4n) is 3.08. The number of halogens is 5. The smallest absolute Gasteiger partial charge is 0.451 e. The number of nitrogens with one attached hydrogen (secondary N) is 1. The van der Waals surface area contributed by atoms with Gasteiger partial charge in [0.05, 0.1) is 5.39 Å². The van der Waals surface area contributed by atoms with Gasteiger partial charge in [-0.1, -0.05) is 15.9 Å². The van der Waals surface area contributed by atoms with Crippen LogP contribution in [0.25, 0.3) is 11.0 Å². The Balaban J connectivity index is 1.64. The first kappa shape index (κ1) is 22.4. The summed E-state index contributed by atoms with van der Waals surface area (Å²) >= 11 is 2.96. The van der Waals surface area contributed by atoms with Crippen LogP contribution in [0.1, 0.15) is 17.0 Å². The minimum absolute atomic E-state index is 0.0259. The highest BCUT2D eigenvalue weighted by atomic mass is 79.9. The maximum Gasteiger partial charge on any atom is 0.573 e. The number of rotatable bonds is 5. The van der Waals surface area contributed by atoms with E-state index in [9.17, 15) is 30.8 Å². The molecule has 1 fully saturated rings. The molecule has 1 amide bonds. The maximum absolute atomic E-state index is 14.4. The van der Waals surface area contributed by atoms with E-state index in [1.165, 1.54) is 12.1 Å². The monoisotopic (exact) mass is 536 g/mol. The lowest BCUT2D eigenvalue weighted by Gasteiger charge is -2.33. The molecular weight excluding hydrogens is 524 g/mol. The van der Waals surface area contributed by atoms with E-state index in [2.05, 4.69) is 20.7 Å². The minimum Gasteiger partial charge on any atom is -0.451 e. The molecule has 2 heterocycles. The lowest BCUT2D eigenvalue weighted by molar-refractivity contribution is -0.275. The number of benzene rings is 2. The first-order valence-corrected chi connectivity index (χ1v) is 11.3. The lowest BCUT2D eigenvalue weighted by atomic mass is 10.1. The van der Waals surface area contributed by atoms with Crippen LogP contribution < -0.4 is 14.4 Å². The first-order chi connectivity index (χ1) is 14.9. The number of sulfonamides is 1. The molecule has 0 radical (unpaired) electrons. The Labute approximate surface area is 187 Å². The summed E-state index contributed by atoms with van der Waals surface area (Å²) < 4.78 is 88.4. The van der Waals surface area contributed by atoms with Crippen LogP contribution >= 0.6 is 15.9 Å². The second-order valence-electron chi connectivity index (χ2n) is 6.86. The van der Waals surface area contributed by atoms with Gasteiger partial charge in [-0.25, -0.2) is 17.5 Å². The number of carbonyl (C=O) groups is 1. The average Bonchev–Trinajstić information content (AvgIpc) is 3.05. The molecule has 170 valence electrons. The molecule has 32 heavy (non-hydrogen) atoms. The van der Waals surface area contributed by atoms with Gasteiger partial charge >= 0.3 is 12.3 Å². The number of fused-ring (bicyclic) bond motifs is 1. The number of anilines is 1. The summed E-state index contributed by atoms with van der Waals surface area (Å²) in [5, 5.41) is -0.0413. The van der Waals surface area contributed by atoms with Crippen LogP contribution in [0.15, 0.2) is 50.2 Å². The molecule has 0 atom stereocenters. The molecule has 0 bridgehead atoms. The molecular formula is C19H13BrF4N2O5S. The number of carbonyl (C=O) groups excluding carboxylic acids is 1. The van der Waals surface area contributed by atoms with E-state index in [1.54, 1.807) is 4.72 Å². The average molecular weight is 537 g/mol. The fraction of sp³-hybridized carbons (Fsp3) is 0.211. The number of amides is 1. The summed E-state index contributed by atoms with van der Waals surface area (Å²) in [6, 6.07) is 6.58. The predicted molar refractivity (Wildman–Crippen MR) is 108 cm³/mol. The van der Waals surface area contributed by atoms with Gasteiger partial charge in [0.1, 0.15) is 22.0 Å². The zero-order valence-corrected chi connectivity index (χ0v) is 18.3. The van der Waals surface area contributed by atoms with Crippen LogP contribution in [0.4, 0.5) is 23.2 Å². The molecule has 1 aromatic heterocycles. The summed E-state index contributed by atoms with van der Waals surface area (Å²) in [4.78, 5) is 13.5. The van der Waals surface area contributed by atoms with Gasteiger partial charge in [-0.3, -0.25) is 4.79 Å². The predicted octanol–water partition coefficient (Wildman–Crippen LogP) is 4.56. The van der Waals surface area contributed by atoms with E-state index < -0.39 is 44.5 Å². The summed E-state index contributed by atoms with van der Waals surface area (Å²) in [6.07, 6.45) is -4.20. The van der Waals surface area contributed by atoms with Crippen molar-refractivity contribution in [3.8, 4) is 5.75 Å². The second-order valence-corrected chi connectivity index (χ2v) is 9.43. The van der Waals surface area contributed by atoms with Crippen molar-refractivity contribution in [3.05, 3.63) is 52.4 Å². The Morgan fingerprint density at radius 2 is 1.88 bits per heavy atom. The molecule has 13 heteroatoms. The summed E-state index contributed by atoms with van der Waals surface area (Å²) in [6.45, 7) is 1.48. The SMILES string of the molecule is O=C(NS(=O)(=O)c1cc(Br)ccc1OC(F)(F)F)c1cc2c(F)cc(N3CCC3)cc2o1. The fourth-order valence-corrected chi connectivity index (χ4v) is 4.70. The third-order valence-electron chi connectivity index (χ3n) is 4.66. The van der Waals surface area contributed by atoms with E-state index >= 15 is 0 Å². The molecule has 1 saturated heterocycles. The molecule has 4 rings (SSSR count). The highest BCUT2D eigenvalue weighted by Gasteiger charge is 2.35. The Bertz CT molecular complexity index is 1320. The molecule has 0 aliphatic carbocycles. The van der Waals surface area contributed by atoms with Crippen molar-refractivity contribution < 1.29 is 39.9 Å². The number of ether oxygens (including phenoxy) is 1. The van der Waals surface area contributed by atoms with Gasteiger partial charge in [-0.05, 0) is 30.7 Å². The van der Waals surface area contributed by atoms with E-state index in [4.69, 9.17) is 4.42 Å². The van der Waals surface area contributed by atoms with Crippen LogP contribution in [-0.4, -0.2) is 33.8 Å². The summed E-state index contributed by atoms with van der Waals surface area (Å²) in [5.41, 5.74) is 0.580. The van der Waals surface area contributed by atoms with Crippen molar-refractivity contribution in [2.75, 3.05) is 18.0 Å². The Morgan fingerprint density at radius 3 is 2.50 bits per heavy atom. The van der Waals surface area contributed by atoms with Crippen LogP contribution in [0.5, 0.6) is 5.75 Å². The van der Waals surface area contributed by atoms with Crippen molar-refractivity contribution in [1.82, 2.24) is 4.72 Å². The standard InChI is InChI=1S/C19H13BrF4N2O5S/c20-10-2-3-14(31-19(22,23)24)17(6-10)32(28,29)25-18(27)16-9-12-13(21)7-11(8-15(12)30-16)26-4-1-5-26/h2-3,6-9H,1,4-5H2,(H,25,27). The van der Waals surface area contributed by atoms with Gasteiger partial charge in [0.15, 0.2) is 5.76 Å². The first-order valence-electron chi connectivity index (χ1n) is 9.03. The molecule has 1 aliphatic rings. The molecule has 1 N–H and O–H groups in total. The van der Waals surface area contributed by atoms with Crippen LogP contribution in [0.2, 0.25) is 0 Å². The van der Waals surface area contributed by atoms with Gasteiger partial charge in [0.25, 0.3) is 10.0 Å². The van der Waals surface area contributed by atoms with Gasteiger partial charge in [0, 0.05) is 35.4 Å². The molecule has 1 aliphatic heterocycles. The Hall–Kier alpha value is -2.80. The van der Waals surface area contributed by atoms with Crippen molar-refractivity contribution in [2.24, 2.45) is 0 Å². The van der Waals surface area contributed by atoms with Gasteiger partial charge in [0.2, 0.25) is 0 Å². The number of hydrogen-bond donors (Lipinski definition) is 1. The van der Waals surface area contributed by atoms with Crippen molar-refractivity contribution >= 4 is 48.5 Å². The molecule has 7 nitrogen and oxygen atoms in total. The van der Waals surface area contributed by atoms with Crippen LogP contribution in [0, 0.1) is 5.82 Å². The zero-order chi connectivity index (χ0) is 23.3. The quantitative estimate of drug-likeness (QED) is 0.481. The van der Waals surface area contributed by atoms with Gasteiger partial charge in [-0.15, -0.1) is 13.2 Å².